The normalized spacial score (nSPS) is 9.33. The number of pyridine rings is 1. The van der Waals surface area contributed by atoms with Crippen molar-refractivity contribution in [1.29, 1.82) is 0 Å². The van der Waals surface area contributed by atoms with Gasteiger partial charge in [0.15, 0.2) is 0 Å². The first-order valence-corrected chi connectivity index (χ1v) is 5.37. The van der Waals surface area contributed by atoms with Gasteiger partial charge < -0.3 is 16.0 Å². The fourth-order valence-electron chi connectivity index (χ4n) is 1.16. The SMILES string of the molecule is O=CNCC(=O)NCCNC(=O)c1ccccn1. The van der Waals surface area contributed by atoms with Gasteiger partial charge in [0.2, 0.25) is 12.3 Å². The number of hydrogen-bond donors (Lipinski definition) is 3. The minimum absolute atomic E-state index is 0.0717. The van der Waals surface area contributed by atoms with E-state index in [0.29, 0.717) is 18.6 Å². The van der Waals surface area contributed by atoms with Crippen LogP contribution >= 0.6 is 0 Å². The number of amides is 3. The summed E-state index contributed by atoms with van der Waals surface area (Å²) in [7, 11) is 0. The van der Waals surface area contributed by atoms with Gasteiger partial charge in [0, 0.05) is 19.3 Å². The molecule has 96 valence electrons. The summed E-state index contributed by atoms with van der Waals surface area (Å²) in [6, 6.07) is 5.04. The number of carbonyl (C=O) groups is 3. The van der Waals surface area contributed by atoms with Crippen LogP contribution in [0, 0.1) is 0 Å². The smallest absolute Gasteiger partial charge is 0.269 e. The van der Waals surface area contributed by atoms with Crippen LogP contribution < -0.4 is 16.0 Å². The molecule has 0 aliphatic rings. The standard InChI is InChI=1S/C11H14N4O3/c16-8-12-7-10(17)14-5-6-15-11(18)9-3-1-2-4-13-9/h1-4,8H,5-7H2,(H,12,16)(H,14,17)(H,15,18). The van der Waals surface area contributed by atoms with Gasteiger partial charge >= 0.3 is 0 Å². The monoisotopic (exact) mass is 250 g/mol. The van der Waals surface area contributed by atoms with E-state index in [1.165, 1.54) is 6.20 Å². The molecule has 3 N–H and O–H groups in total. The molecule has 1 aromatic heterocycles. The van der Waals surface area contributed by atoms with Gasteiger partial charge in [-0.3, -0.25) is 19.4 Å². The van der Waals surface area contributed by atoms with E-state index in [-0.39, 0.29) is 24.9 Å². The molecule has 0 bridgehead atoms. The van der Waals surface area contributed by atoms with Crippen LogP contribution in [0.4, 0.5) is 0 Å². The van der Waals surface area contributed by atoms with Gasteiger partial charge in [-0.2, -0.15) is 0 Å². The number of nitrogens with zero attached hydrogens (tertiary/aromatic N) is 1. The van der Waals surface area contributed by atoms with Crippen molar-refractivity contribution in [2.45, 2.75) is 0 Å². The van der Waals surface area contributed by atoms with Crippen LogP contribution in [0.2, 0.25) is 0 Å². The maximum Gasteiger partial charge on any atom is 0.269 e. The second kappa shape index (κ2) is 7.77. The molecule has 3 amide bonds. The molecule has 0 atom stereocenters. The van der Waals surface area contributed by atoms with Crippen LogP contribution in [0.5, 0.6) is 0 Å². The van der Waals surface area contributed by atoms with E-state index in [0.717, 1.165) is 0 Å². The number of rotatable bonds is 7. The topological polar surface area (TPSA) is 100 Å². The van der Waals surface area contributed by atoms with Gasteiger partial charge in [0.05, 0.1) is 6.54 Å². The third kappa shape index (κ3) is 5.06. The van der Waals surface area contributed by atoms with Crippen molar-refractivity contribution >= 4 is 18.2 Å². The summed E-state index contributed by atoms with van der Waals surface area (Å²) >= 11 is 0. The van der Waals surface area contributed by atoms with Crippen LogP contribution in [-0.2, 0) is 9.59 Å². The summed E-state index contributed by atoms with van der Waals surface area (Å²) < 4.78 is 0. The zero-order chi connectivity index (χ0) is 13.2. The highest BCUT2D eigenvalue weighted by Crippen LogP contribution is 1.91. The zero-order valence-corrected chi connectivity index (χ0v) is 9.68. The molecule has 0 fully saturated rings. The molecule has 1 rings (SSSR count). The molecule has 1 heterocycles. The van der Waals surface area contributed by atoms with E-state index < -0.39 is 0 Å². The minimum Gasteiger partial charge on any atom is -0.353 e. The Morgan fingerprint density at radius 1 is 1.22 bits per heavy atom. The Kier molecular flexibility index (Phi) is 5.88. The number of nitrogens with one attached hydrogen (secondary N) is 3. The second-order valence-electron chi connectivity index (χ2n) is 3.32. The molecule has 0 spiro atoms. The Labute approximate surface area is 104 Å². The van der Waals surface area contributed by atoms with Crippen LogP contribution in [-0.4, -0.2) is 42.8 Å². The maximum absolute atomic E-state index is 11.5. The summed E-state index contributed by atoms with van der Waals surface area (Å²) in [5.74, 6) is -0.606. The quantitative estimate of drug-likeness (QED) is 0.412. The fraction of sp³-hybridized carbons (Fsp3) is 0.273. The van der Waals surface area contributed by atoms with Crippen molar-refractivity contribution < 1.29 is 14.4 Å². The Bertz CT molecular complexity index is 408. The molecule has 0 radical (unpaired) electrons. The molecule has 0 saturated carbocycles. The molecule has 0 aliphatic carbocycles. The molecule has 0 unspecified atom stereocenters. The molecular formula is C11H14N4O3. The van der Waals surface area contributed by atoms with Gasteiger partial charge in [-0.15, -0.1) is 0 Å². The Morgan fingerprint density at radius 3 is 2.67 bits per heavy atom. The Morgan fingerprint density at radius 2 is 2.00 bits per heavy atom. The summed E-state index contributed by atoms with van der Waals surface area (Å²) in [4.78, 5) is 36.4. The maximum atomic E-state index is 11.5. The molecular weight excluding hydrogens is 236 g/mol. The molecule has 7 heteroatoms. The van der Waals surface area contributed by atoms with Crippen LogP contribution in [0.3, 0.4) is 0 Å². The predicted molar refractivity (Wildman–Crippen MR) is 63.6 cm³/mol. The highest BCUT2D eigenvalue weighted by molar-refractivity contribution is 5.92. The first-order valence-electron chi connectivity index (χ1n) is 5.37. The van der Waals surface area contributed by atoms with Crippen LogP contribution in [0.1, 0.15) is 10.5 Å². The highest BCUT2D eigenvalue weighted by atomic mass is 16.2. The van der Waals surface area contributed by atoms with E-state index in [4.69, 9.17) is 0 Å². The Hall–Kier alpha value is -2.44. The molecule has 0 saturated heterocycles. The average molecular weight is 250 g/mol. The largest absolute Gasteiger partial charge is 0.353 e. The van der Waals surface area contributed by atoms with Crippen molar-refractivity contribution in [3.63, 3.8) is 0 Å². The lowest BCUT2D eigenvalue weighted by atomic mass is 10.3. The van der Waals surface area contributed by atoms with Gasteiger partial charge in [0.1, 0.15) is 5.69 Å². The summed E-state index contributed by atoms with van der Waals surface area (Å²) in [6.07, 6.45) is 1.98. The van der Waals surface area contributed by atoms with Crippen LogP contribution in [0.15, 0.2) is 24.4 Å². The van der Waals surface area contributed by atoms with E-state index in [1.807, 2.05) is 0 Å². The summed E-state index contributed by atoms with van der Waals surface area (Å²) in [6.45, 7) is 0.512. The summed E-state index contributed by atoms with van der Waals surface area (Å²) in [5.41, 5.74) is 0.325. The van der Waals surface area contributed by atoms with Crippen molar-refractivity contribution in [1.82, 2.24) is 20.9 Å². The number of hydrogen-bond acceptors (Lipinski definition) is 4. The van der Waals surface area contributed by atoms with E-state index in [9.17, 15) is 14.4 Å². The van der Waals surface area contributed by atoms with Crippen molar-refractivity contribution in [3.05, 3.63) is 30.1 Å². The number of aromatic nitrogens is 1. The predicted octanol–water partition coefficient (Wildman–Crippen LogP) is -1.33. The lowest BCUT2D eigenvalue weighted by molar-refractivity contribution is -0.122. The van der Waals surface area contributed by atoms with Gasteiger partial charge in [-0.1, -0.05) is 6.07 Å². The van der Waals surface area contributed by atoms with Gasteiger partial charge in [-0.25, -0.2) is 0 Å². The van der Waals surface area contributed by atoms with E-state index >= 15 is 0 Å². The molecule has 7 nitrogen and oxygen atoms in total. The number of carbonyl (C=O) groups excluding carboxylic acids is 3. The molecule has 0 aliphatic heterocycles. The molecule has 18 heavy (non-hydrogen) atoms. The second-order valence-corrected chi connectivity index (χ2v) is 3.32. The third-order valence-electron chi connectivity index (χ3n) is 1.98. The van der Waals surface area contributed by atoms with E-state index in [1.54, 1.807) is 18.2 Å². The van der Waals surface area contributed by atoms with Crippen molar-refractivity contribution in [3.8, 4) is 0 Å². The summed E-state index contributed by atoms with van der Waals surface area (Å²) in [5, 5.41) is 7.37. The lowest BCUT2D eigenvalue weighted by Gasteiger charge is -2.06. The fourth-order valence-corrected chi connectivity index (χ4v) is 1.16. The van der Waals surface area contributed by atoms with Gasteiger partial charge in [0.25, 0.3) is 5.91 Å². The molecule has 0 aromatic carbocycles. The third-order valence-corrected chi connectivity index (χ3v) is 1.98. The zero-order valence-electron chi connectivity index (χ0n) is 9.68. The first kappa shape index (κ1) is 13.6. The van der Waals surface area contributed by atoms with Crippen molar-refractivity contribution in [2.75, 3.05) is 19.6 Å². The first-order chi connectivity index (χ1) is 8.74. The van der Waals surface area contributed by atoms with Crippen molar-refractivity contribution in [2.24, 2.45) is 0 Å². The van der Waals surface area contributed by atoms with Gasteiger partial charge in [-0.05, 0) is 12.1 Å². The molecule has 1 aromatic rings. The lowest BCUT2D eigenvalue weighted by Crippen LogP contribution is -2.38. The Balaban J connectivity index is 2.17. The highest BCUT2D eigenvalue weighted by Gasteiger charge is 2.05. The minimum atomic E-state index is -0.311. The van der Waals surface area contributed by atoms with Crippen LogP contribution in [0.25, 0.3) is 0 Å². The average Bonchev–Trinajstić information content (AvgIpc) is 2.42. The van der Waals surface area contributed by atoms with E-state index in [2.05, 4.69) is 20.9 Å².